The normalized spacial score (nSPS) is 12.5. The van der Waals surface area contributed by atoms with Gasteiger partial charge >= 0.3 is 0 Å². The largest absolute Gasteiger partial charge is 0.456 e. The third-order valence-corrected chi connectivity index (χ3v) is 15.2. The lowest BCUT2D eigenvalue weighted by molar-refractivity contribution is 0.669. The Morgan fingerprint density at radius 2 is 0.836 bits per heavy atom. The van der Waals surface area contributed by atoms with Crippen molar-refractivity contribution in [2.75, 3.05) is 4.90 Å². The highest BCUT2D eigenvalue weighted by Crippen LogP contribution is 2.58. The molecule has 0 spiro atoms. The van der Waals surface area contributed by atoms with Gasteiger partial charge in [-0.2, -0.15) is 0 Å². The second kappa shape index (κ2) is 17.4. The fourth-order valence-corrected chi connectivity index (χ4v) is 12.0. The minimum Gasteiger partial charge on any atom is -0.456 e. The molecule has 0 radical (unpaired) electrons. The molecule has 0 saturated carbocycles. The Kier molecular flexibility index (Phi) is 10.1. The molecule has 12 aromatic carbocycles. The molecule has 342 valence electrons. The van der Waals surface area contributed by atoms with E-state index in [1.165, 1.54) is 66.4 Å². The molecule has 1 aromatic heterocycles. The molecule has 73 heavy (non-hydrogen) atoms. The maximum Gasteiger partial charge on any atom is 0.136 e. The van der Waals surface area contributed by atoms with E-state index in [4.69, 9.17) is 4.42 Å². The van der Waals surface area contributed by atoms with Gasteiger partial charge in [0, 0.05) is 27.7 Å². The molecule has 0 saturated heterocycles. The number of anilines is 3. The van der Waals surface area contributed by atoms with Crippen molar-refractivity contribution in [2.45, 2.75) is 5.41 Å². The molecule has 0 atom stereocenters. The average Bonchev–Trinajstić information content (AvgIpc) is 4.00. The summed E-state index contributed by atoms with van der Waals surface area (Å²) in [5.74, 6) is 0. The van der Waals surface area contributed by atoms with Gasteiger partial charge in [0.1, 0.15) is 11.2 Å². The number of rotatable bonds is 9. The van der Waals surface area contributed by atoms with Gasteiger partial charge in [-0.25, -0.2) is 0 Å². The SMILES string of the molecule is c1ccc(C2(c3ccccc3)c3ccccc3-c3c(-c4cccc(N(c5ccc(-c6ccc(-c7cccc8ccccc78)cc6)cc5)c5ccccc5-c5cccc6oc7ccccc7c56)c4)cccc32)cc1. The molecule has 0 amide bonds. The lowest BCUT2D eigenvalue weighted by atomic mass is 9.67. The summed E-state index contributed by atoms with van der Waals surface area (Å²) in [5, 5.41) is 4.72. The van der Waals surface area contributed by atoms with E-state index >= 15 is 0 Å². The maximum atomic E-state index is 6.47. The highest BCUT2D eigenvalue weighted by Gasteiger charge is 2.46. The first-order valence-electron chi connectivity index (χ1n) is 25.2. The first kappa shape index (κ1) is 42.4. The van der Waals surface area contributed by atoms with Gasteiger partial charge in [-0.05, 0) is 126 Å². The van der Waals surface area contributed by atoms with Crippen LogP contribution in [0.1, 0.15) is 22.3 Å². The van der Waals surface area contributed by atoms with Crippen molar-refractivity contribution >= 4 is 49.8 Å². The summed E-state index contributed by atoms with van der Waals surface area (Å²) in [6.45, 7) is 0. The molecule has 2 heteroatoms. The summed E-state index contributed by atoms with van der Waals surface area (Å²) < 4.78 is 6.47. The molecule has 13 aromatic rings. The van der Waals surface area contributed by atoms with Gasteiger partial charge in [-0.1, -0.05) is 243 Å². The third-order valence-electron chi connectivity index (χ3n) is 15.2. The molecule has 0 bridgehead atoms. The second-order valence-corrected chi connectivity index (χ2v) is 19.1. The van der Waals surface area contributed by atoms with Crippen molar-refractivity contribution in [3.8, 4) is 55.6 Å². The van der Waals surface area contributed by atoms with Gasteiger partial charge in [-0.3, -0.25) is 0 Å². The van der Waals surface area contributed by atoms with Gasteiger partial charge in [0.2, 0.25) is 0 Å². The molecule has 2 nitrogen and oxygen atoms in total. The standard InChI is InChI=1S/C71H47NO/c1-3-22-53(23-4-1)71(54-24-5-2-6-25-54)64-34-12-9-29-62(64)69-59(32-17-35-65(69)71)52-21-15-26-56(47-52)72(66-36-13-10-28-60(66)61-33-18-38-68-70(61)63-30-11-14-37-67(63)73-68)55-45-43-49(44-46-55)48-39-41-51(42-40-48)58-31-16-20-50-19-7-8-27-57(50)58/h1-47H. The van der Waals surface area contributed by atoms with Crippen LogP contribution in [0.25, 0.3) is 88.3 Å². The van der Waals surface area contributed by atoms with Crippen LogP contribution in [0.5, 0.6) is 0 Å². The van der Waals surface area contributed by atoms with E-state index in [0.717, 1.165) is 61.3 Å². The van der Waals surface area contributed by atoms with Gasteiger partial charge in [0.25, 0.3) is 0 Å². The third kappa shape index (κ3) is 6.87. The van der Waals surface area contributed by atoms with Crippen molar-refractivity contribution in [1.29, 1.82) is 0 Å². The van der Waals surface area contributed by atoms with E-state index in [1.807, 2.05) is 6.07 Å². The molecule has 1 aliphatic carbocycles. The zero-order valence-corrected chi connectivity index (χ0v) is 40.0. The van der Waals surface area contributed by atoms with Crippen LogP contribution in [-0.4, -0.2) is 0 Å². The molecule has 1 heterocycles. The summed E-state index contributed by atoms with van der Waals surface area (Å²) in [5.41, 5.74) is 21.4. The molecule has 14 rings (SSSR count). The fraction of sp³-hybridized carbons (Fsp3) is 0.0141. The first-order valence-corrected chi connectivity index (χ1v) is 25.2. The Morgan fingerprint density at radius 3 is 1.63 bits per heavy atom. The minimum atomic E-state index is -0.497. The van der Waals surface area contributed by atoms with E-state index in [-0.39, 0.29) is 0 Å². The van der Waals surface area contributed by atoms with E-state index in [1.54, 1.807) is 0 Å². The number of benzene rings is 12. The highest BCUT2D eigenvalue weighted by molar-refractivity contribution is 6.14. The van der Waals surface area contributed by atoms with E-state index in [0.29, 0.717) is 0 Å². The Hall–Kier alpha value is -9.50. The molecular formula is C71H47NO. The number of hydrogen-bond donors (Lipinski definition) is 0. The Balaban J connectivity index is 0.934. The van der Waals surface area contributed by atoms with Gasteiger partial charge in [0.15, 0.2) is 0 Å². The second-order valence-electron chi connectivity index (χ2n) is 19.1. The van der Waals surface area contributed by atoms with Crippen LogP contribution in [0.4, 0.5) is 17.1 Å². The lowest BCUT2D eigenvalue weighted by Crippen LogP contribution is -2.28. The minimum absolute atomic E-state index is 0.497. The first-order chi connectivity index (χ1) is 36.2. The Labute approximate surface area is 425 Å². The zero-order valence-electron chi connectivity index (χ0n) is 40.0. The molecule has 0 aliphatic heterocycles. The summed E-state index contributed by atoms with van der Waals surface area (Å²) in [7, 11) is 0. The summed E-state index contributed by atoms with van der Waals surface area (Å²) in [6.07, 6.45) is 0. The molecule has 1 aliphatic rings. The Bertz CT molecular complexity index is 4140. The van der Waals surface area contributed by atoms with Crippen LogP contribution in [-0.2, 0) is 5.41 Å². The Morgan fingerprint density at radius 1 is 0.301 bits per heavy atom. The molecular weight excluding hydrogens is 883 g/mol. The number of para-hydroxylation sites is 2. The average molecular weight is 930 g/mol. The maximum absolute atomic E-state index is 6.47. The quantitative estimate of drug-likeness (QED) is 0.143. The molecule has 0 N–H and O–H groups in total. The number of hydrogen-bond acceptors (Lipinski definition) is 2. The van der Waals surface area contributed by atoms with Crippen LogP contribution in [0, 0.1) is 0 Å². The van der Waals surface area contributed by atoms with Crippen LogP contribution in [0.2, 0.25) is 0 Å². The number of fused-ring (bicyclic) bond motifs is 7. The van der Waals surface area contributed by atoms with Crippen LogP contribution < -0.4 is 4.90 Å². The van der Waals surface area contributed by atoms with Crippen molar-refractivity contribution in [3.63, 3.8) is 0 Å². The van der Waals surface area contributed by atoms with Gasteiger partial charge < -0.3 is 9.32 Å². The summed E-state index contributed by atoms with van der Waals surface area (Å²) in [4.78, 5) is 2.43. The van der Waals surface area contributed by atoms with E-state index in [9.17, 15) is 0 Å². The predicted molar refractivity (Wildman–Crippen MR) is 305 cm³/mol. The van der Waals surface area contributed by atoms with E-state index in [2.05, 4.69) is 284 Å². The van der Waals surface area contributed by atoms with Crippen LogP contribution >= 0.6 is 0 Å². The summed E-state index contributed by atoms with van der Waals surface area (Å²) in [6, 6.07) is 104. The molecule has 0 unspecified atom stereocenters. The van der Waals surface area contributed by atoms with Crippen molar-refractivity contribution in [1.82, 2.24) is 0 Å². The van der Waals surface area contributed by atoms with Gasteiger partial charge in [0.05, 0.1) is 11.1 Å². The smallest absolute Gasteiger partial charge is 0.136 e. The van der Waals surface area contributed by atoms with Crippen LogP contribution in [0.3, 0.4) is 0 Å². The van der Waals surface area contributed by atoms with Crippen molar-refractivity contribution in [2.24, 2.45) is 0 Å². The zero-order chi connectivity index (χ0) is 48.3. The van der Waals surface area contributed by atoms with Gasteiger partial charge in [-0.15, -0.1) is 0 Å². The monoisotopic (exact) mass is 929 g/mol. The topological polar surface area (TPSA) is 16.4 Å². The van der Waals surface area contributed by atoms with Crippen molar-refractivity contribution in [3.05, 3.63) is 307 Å². The number of nitrogens with zero attached hydrogens (tertiary/aromatic N) is 1. The van der Waals surface area contributed by atoms with Crippen LogP contribution in [0.15, 0.2) is 290 Å². The van der Waals surface area contributed by atoms with Crippen molar-refractivity contribution < 1.29 is 4.42 Å². The summed E-state index contributed by atoms with van der Waals surface area (Å²) >= 11 is 0. The highest BCUT2D eigenvalue weighted by atomic mass is 16.3. The number of furan rings is 1. The lowest BCUT2D eigenvalue weighted by Gasteiger charge is -2.34. The molecule has 0 fully saturated rings. The fourth-order valence-electron chi connectivity index (χ4n) is 12.0. The predicted octanol–water partition coefficient (Wildman–Crippen LogP) is 19.2. The van der Waals surface area contributed by atoms with E-state index < -0.39 is 5.41 Å².